The first kappa shape index (κ1) is 56.0. The molecule has 0 bridgehead atoms. The van der Waals surface area contributed by atoms with Crippen molar-refractivity contribution in [2.45, 2.75) is 0 Å². The molecule has 20 heteroatoms. The molecule has 12 aromatic carbocycles. The zero-order valence-corrected chi connectivity index (χ0v) is 52.5. The number of nitrogens with zero attached hydrogens (tertiary/aromatic N) is 20. The second kappa shape index (κ2) is 22.6. The zero-order valence-electron chi connectivity index (χ0n) is 52.5. The summed E-state index contributed by atoms with van der Waals surface area (Å²) in [5.74, 6) is 0. The molecule has 8 aromatic heterocycles. The Balaban J connectivity index is 1.03. The fourth-order valence-electron chi connectivity index (χ4n) is 14.7. The van der Waals surface area contributed by atoms with Gasteiger partial charge in [-0.3, -0.25) is 9.97 Å². The first-order chi connectivity index (χ1) is 49.7. The van der Waals surface area contributed by atoms with Crippen molar-refractivity contribution in [2.24, 2.45) is 0 Å². The van der Waals surface area contributed by atoms with Crippen LogP contribution < -0.4 is 19.6 Å². The Kier molecular flexibility index (Phi) is 12.7. The molecule has 466 valence electrons. The van der Waals surface area contributed by atoms with Crippen LogP contribution in [0.3, 0.4) is 0 Å². The van der Waals surface area contributed by atoms with Crippen LogP contribution in [0.25, 0.3) is 120 Å². The largest absolute Gasteiger partial charge is 0.308 e. The molecule has 0 aliphatic heterocycles. The van der Waals surface area contributed by atoms with Gasteiger partial charge in [-0.2, -0.15) is 0 Å². The monoisotopic (exact) mass is 1290 g/mol. The van der Waals surface area contributed by atoms with Crippen LogP contribution in [0.4, 0.5) is 68.2 Å². The molecule has 0 aliphatic carbocycles. The van der Waals surface area contributed by atoms with E-state index >= 15 is 0 Å². The van der Waals surface area contributed by atoms with Gasteiger partial charge < -0.3 is 19.6 Å². The molecule has 0 N–H and O–H groups in total. The Hall–Kier alpha value is -14.4. The lowest BCUT2D eigenvalue weighted by molar-refractivity contribution is 1.20. The van der Waals surface area contributed by atoms with Gasteiger partial charge in [-0.05, 0) is 109 Å². The first-order valence-corrected chi connectivity index (χ1v) is 32.2. The molecule has 20 aromatic rings. The van der Waals surface area contributed by atoms with Crippen molar-refractivity contribution in [1.29, 1.82) is 0 Å². The Morgan fingerprint density at radius 1 is 0.180 bits per heavy atom. The van der Waals surface area contributed by atoms with Gasteiger partial charge in [0.1, 0.15) is 49.8 Å². The second-order valence-electron chi connectivity index (χ2n) is 24.1. The summed E-state index contributed by atoms with van der Waals surface area (Å²) in [6, 6.07) is 63.1. The van der Waals surface area contributed by atoms with E-state index < -0.39 is 0 Å². The van der Waals surface area contributed by atoms with E-state index in [9.17, 15) is 0 Å². The van der Waals surface area contributed by atoms with Crippen LogP contribution in [-0.4, -0.2) is 79.7 Å². The van der Waals surface area contributed by atoms with E-state index in [0.29, 0.717) is 11.0 Å². The molecule has 0 saturated heterocycles. The maximum Gasteiger partial charge on any atom is 0.116 e. The average Bonchev–Trinajstić information content (AvgIpc) is 0.696. The molecule has 0 radical (unpaired) electrons. The Labute approximate surface area is 566 Å². The molecule has 8 heterocycles. The quantitative estimate of drug-likeness (QED) is 0.104. The number of benzene rings is 12. The summed E-state index contributed by atoms with van der Waals surface area (Å²) in [6.07, 6.45) is 27.8. The van der Waals surface area contributed by atoms with Crippen LogP contribution in [0.15, 0.2) is 282 Å². The second-order valence-corrected chi connectivity index (χ2v) is 24.1. The molecule has 0 amide bonds. The number of hydrogen-bond donors (Lipinski definition) is 0. The molecule has 0 saturated carbocycles. The molecule has 0 aliphatic rings. The predicted octanol–water partition coefficient (Wildman–Crippen LogP) is 18.0. The van der Waals surface area contributed by atoms with Gasteiger partial charge in [-0.25, -0.2) is 69.8 Å². The van der Waals surface area contributed by atoms with Crippen LogP contribution in [0.5, 0.6) is 0 Å². The van der Waals surface area contributed by atoms with Crippen LogP contribution >= 0.6 is 0 Å². The van der Waals surface area contributed by atoms with Crippen molar-refractivity contribution in [3.05, 3.63) is 282 Å². The normalized spacial score (nSPS) is 11.8. The van der Waals surface area contributed by atoms with Crippen LogP contribution in [0.1, 0.15) is 0 Å². The van der Waals surface area contributed by atoms with E-state index in [1.54, 1.807) is 56.7 Å². The summed E-state index contributed by atoms with van der Waals surface area (Å²) < 4.78 is 0. The average molecular weight is 1290 g/mol. The molecule has 20 nitrogen and oxygen atoms in total. The van der Waals surface area contributed by atoms with Gasteiger partial charge in [0.15, 0.2) is 0 Å². The number of para-hydroxylation sites is 1. The Morgan fingerprint density at radius 3 is 0.660 bits per heavy atom. The predicted molar refractivity (Wildman–Crippen MR) is 394 cm³/mol. The molecule has 0 spiro atoms. The van der Waals surface area contributed by atoms with Crippen molar-refractivity contribution < 1.29 is 0 Å². The van der Waals surface area contributed by atoms with Crippen molar-refractivity contribution in [3.8, 4) is 0 Å². The van der Waals surface area contributed by atoms with Crippen LogP contribution in [0, 0.1) is 0 Å². The van der Waals surface area contributed by atoms with Gasteiger partial charge >= 0.3 is 0 Å². The van der Waals surface area contributed by atoms with E-state index in [0.717, 1.165) is 177 Å². The summed E-state index contributed by atoms with van der Waals surface area (Å²) in [7, 11) is 0. The number of anilines is 12. The molecule has 0 fully saturated rings. The summed E-state index contributed by atoms with van der Waals surface area (Å²) in [5.41, 5.74) is 16.3. The maximum atomic E-state index is 5.16. The Morgan fingerprint density at radius 2 is 0.400 bits per heavy atom. The highest BCUT2D eigenvalue weighted by Crippen LogP contribution is 2.58. The fraction of sp³-hybridized carbons (Fsp3) is 0. The lowest BCUT2D eigenvalue weighted by Crippen LogP contribution is -2.17. The van der Waals surface area contributed by atoms with Crippen LogP contribution in [0.2, 0.25) is 0 Å². The summed E-state index contributed by atoms with van der Waals surface area (Å²) >= 11 is 0. The number of aromatic nitrogens is 16. The molecule has 100 heavy (non-hydrogen) atoms. The molecule has 0 unspecified atom stereocenters. The topological polar surface area (TPSA) is 219 Å². The van der Waals surface area contributed by atoms with Gasteiger partial charge in [0.2, 0.25) is 0 Å². The summed E-state index contributed by atoms with van der Waals surface area (Å²) in [6.45, 7) is 0. The SMILES string of the molecule is c1cc(N(c2cccc3ncncc23)c2cc(N(c3cccc4ncncc34)c3cccc4ncncc34)c3ccc4c(N(c5cccc6ncncc56)c5cccc6nccnc56)cc(N(c5cccc6ncncc56)c5cccc6ncncc56)c5ccc2c3c54)c2cncnc2c1. The minimum Gasteiger partial charge on any atom is -0.308 e. The first-order valence-electron chi connectivity index (χ1n) is 32.2. The molecular weight excluding hydrogens is 1240 g/mol. The van der Waals surface area contributed by atoms with Gasteiger partial charge in [-0.1, -0.05) is 72.8 Å². The smallest absolute Gasteiger partial charge is 0.116 e. The van der Waals surface area contributed by atoms with Crippen molar-refractivity contribution in [3.63, 3.8) is 0 Å². The van der Waals surface area contributed by atoms with E-state index in [1.165, 1.54) is 0 Å². The van der Waals surface area contributed by atoms with Gasteiger partial charge in [0, 0.05) is 126 Å². The van der Waals surface area contributed by atoms with Crippen molar-refractivity contribution in [1.82, 2.24) is 79.7 Å². The number of fused-ring (bicyclic) bond motifs is 8. The third-order valence-electron chi connectivity index (χ3n) is 18.9. The third-order valence-corrected chi connectivity index (χ3v) is 18.9. The lowest BCUT2D eigenvalue weighted by atomic mass is 9.88. The van der Waals surface area contributed by atoms with Crippen molar-refractivity contribution >= 4 is 188 Å². The minimum absolute atomic E-state index is 0.674. The number of hydrogen-bond acceptors (Lipinski definition) is 20. The molecule has 20 rings (SSSR count). The van der Waals surface area contributed by atoms with Gasteiger partial charge in [0.25, 0.3) is 0 Å². The zero-order chi connectivity index (χ0) is 65.8. The fourth-order valence-corrected chi connectivity index (χ4v) is 14.7. The van der Waals surface area contributed by atoms with Gasteiger partial charge in [0.05, 0.1) is 112 Å². The highest BCUT2D eigenvalue weighted by Gasteiger charge is 2.33. The minimum atomic E-state index is 0.674. The molecular formula is C80H46N20. The highest BCUT2D eigenvalue weighted by molar-refractivity contribution is 6.34. The summed E-state index contributed by atoms with van der Waals surface area (Å²) in [4.78, 5) is 86.5. The van der Waals surface area contributed by atoms with E-state index in [-0.39, 0.29) is 0 Å². The standard InChI is InChI=1S/C80H46N20/c1-9-58-51(33-81-40-90-58)66(17-1)97(67-18-2-10-59-52(67)34-82-41-91-59)74-31-75(98(68-19-3-11-60-53(68)35-83-42-92-60)69-20-4-12-61-54(69)36-84-43-93-61)48-27-28-50-77(100(72-23-7-15-64-57(72)39-87-46-96-64)73-24-8-16-65-80(73)89-30-29-88-65)32-76(49-26-25-47(74)78(48)79(49)50)99(70-21-5-13-62-55(70)37-85-44-94-62)71-22-6-14-63-56(71)38-86-45-95-63/h1-46H. The third kappa shape index (κ3) is 8.73. The maximum absolute atomic E-state index is 5.16. The summed E-state index contributed by atoms with van der Waals surface area (Å²) in [5, 5.41) is 11.1. The van der Waals surface area contributed by atoms with Crippen LogP contribution in [-0.2, 0) is 0 Å². The molecule has 0 atom stereocenters. The Bertz CT molecular complexity index is 5560. The van der Waals surface area contributed by atoms with E-state index in [1.807, 2.05) is 140 Å². The van der Waals surface area contributed by atoms with Crippen molar-refractivity contribution in [2.75, 3.05) is 19.6 Å². The van der Waals surface area contributed by atoms with E-state index in [2.05, 4.69) is 105 Å². The lowest BCUT2D eigenvalue weighted by Gasteiger charge is -2.35. The van der Waals surface area contributed by atoms with E-state index in [4.69, 9.17) is 79.7 Å². The highest BCUT2D eigenvalue weighted by atomic mass is 15.2. The number of rotatable bonds is 12. The van der Waals surface area contributed by atoms with Gasteiger partial charge in [-0.15, -0.1) is 0 Å².